The third-order valence-corrected chi connectivity index (χ3v) is 5.12. The highest BCUT2D eigenvalue weighted by molar-refractivity contribution is 7.07. The molecular formula is C22H19N3O4S. The Labute approximate surface area is 176 Å². The Hall–Kier alpha value is -3.78. The van der Waals surface area contributed by atoms with E-state index in [1.807, 2.05) is 41.8 Å². The van der Waals surface area contributed by atoms with Crippen molar-refractivity contribution in [3.63, 3.8) is 0 Å². The number of aromatic nitrogens is 1. The lowest BCUT2D eigenvalue weighted by atomic mass is 10.2. The van der Waals surface area contributed by atoms with Gasteiger partial charge in [0.15, 0.2) is 5.76 Å². The van der Waals surface area contributed by atoms with E-state index in [0.29, 0.717) is 21.9 Å². The van der Waals surface area contributed by atoms with E-state index in [-0.39, 0.29) is 5.75 Å². The van der Waals surface area contributed by atoms with E-state index in [9.17, 15) is 5.11 Å². The highest BCUT2D eigenvalue weighted by Crippen LogP contribution is 2.24. The number of hydrogen-bond donors (Lipinski definition) is 1. The Bertz CT molecular complexity index is 1220. The van der Waals surface area contributed by atoms with Crippen LogP contribution in [0, 0.1) is 0 Å². The average Bonchev–Trinajstić information content (AvgIpc) is 3.44. The molecule has 4 aromatic rings. The Balaban J connectivity index is 1.80. The Morgan fingerprint density at radius 1 is 1.03 bits per heavy atom. The monoisotopic (exact) mass is 421 g/mol. The third kappa shape index (κ3) is 4.13. The number of phenolic OH excluding ortho intramolecular Hbond substituents is 1. The van der Waals surface area contributed by atoms with Gasteiger partial charge in [-0.15, -0.1) is 11.3 Å². The lowest BCUT2D eigenvalue weighted by Gasteiger charge is -2.04. The van der Waals surface area contributed by atoms with Gasteiger partial charge in [0.1, 0.15) is 22.9 Å². The number of phenols is 1. The van der Waals surface area contributed by atoms with Crippen LogP contribution in [-0.4, -0.2) is 30.2 Å². The summed E-state index contributed by atoms with van der Waals surface area (Å²) in [5, 5.41) is 16.6. The lowest BCUT2D eigenvalue weighted by Crippen LogP contribution is -2.11. The number of hydrogen-bond acceptors (Lipinski definition) is 7. The van der Waals surface area contributed by atoms with Gasteiger partial charge in [-0.05, 0) is 54.6 Å². The number of ether oxygens (including phenoxy) is 2. The first kappa shape index (κ1) is 19.5. The van der Waals surface area contributed by atoms with Crippen molar-refractivity contribution in [3.05, 3.63) is 76.6 Å². The first-order chi connectivity index (χ1) is 14.7. The van der Waals surface area contributed by atoms with Gasteiger partial charge in [0.25, 0.3) is 0 Å². The van der Waals surface area contributed by atoms with E-state index >= 15 is 0 Å². The normalized spacial score (nSPS) is 11.9. The molecule has 0 saturated heterocycles. The molecule has 0 saturated carbocycles. The molecule has 2 aromatic carbocycles. The first-order valence-electron chi connectivity index (χ1n) is 9.02. The van der Waals surface area contributed by atoms with Crippen LogP contribution in [0.25, 0.3) is 11.5 Å². The quantitative estimate of drug-likeness (QED) is 0.460. The molecule has 0 bridgehead atoms. The molecule has 0 aliphatic heterocycles. The van der Waals surface area contributed by atoms with Crippen LogP contribution in [0.3, 0.4) is 0 Å². The van der Waals surface area contributed by atoms with Crippen molar-refractivity contribution in [1.29, 1.82) is 0 Å². The summed E-state index contributed by atoms with van der Waals surface area (Å²) in [6.45, 7) is 0. The molecule has 8 heteroatoms. The molecule has 0 spiro atoms. The van der Waals surface area contributed by atoms with E-state index < -0.39 is 0 Å². The summed E-state index contributed by atoms with van der Waals surface area (Å²) in [5.74, 6) is 2.15. The van der Waals surface area contributed by atoms with Crippen LogP contribution in [0.4, 0.5) is 5.69 Å². The third-order valence-electron chi connectivity index (χ3n) is 4.30. The van der Waals surface area contributed by atoms with Crippen molar-refractivity contribution in [3.8, 4) is 28.7 Å². The summed E-state index contributed by atoms with van der Waals surface area (Å²) in [6.07, 6.45) is 3.17. The number of benzene rings is 2. The fourth-order valence-corrected chi connectivity index (χ4v) is 3.57. The van der Waals surface area contributed by atoms with Gasteiger partial charge in [-0.1, -0.05) is 0 Å². The predicted molar refractivity (Wildman–Crippen MR) is 116 cm³/mol. The number of nitrogens with zero attached hydrogens (tertiary/aromatic N) is 3. The summed E-state index contributed by atoms with van der Waals surface area (Å²) in [6, 6.07) is 16.1. The van der Waals surface area contributed by atoms with E-state index in [1.165, 1.54) is 11.3 Å². The van der Waals surface area contributed by atoms with Gasteiger partial charge in [-0.2, -0.15) is 5.10 Å². The molecule has 0 unspecified atom stereocenters. The molecule has 4 rings (SSSR count). The Morgan fingerprint density at radius 3 is 2.50 bits per heavy atom. The molecule has 0 radical (unpaired) electrons. The molecule has 1 N–H and O–H groups in total. The van der Waals surface area contributed by atoms with Crippen molar-refractivity contribution in [1.82, 2.24) is 4.68 Å². The zero-order valence-corrected chi connectivity index (χ0v) is 17.2. The topological polar surface area (TPSA) is 81.5 Å². The molecule has 0 atom stereocenters. The highest BCUT2D eigenvalue weighted by Gasteiger charge is 2.10. The highest BCUT2D eigenvalue weighted by atomic mass is 32.1. The number of aromatic hydroxyl groups is 1. The minimum absolute atomic E-state index is 0.101. The van der Waals surface area contributed by atoms with E-state index in [1.54, 1.807) is 49.6 Å². The minimum Gasteiger partial charge on any atom is -0.507 e. The summed E-state index contributed by atoms with van der Waals surface area (Å²) in [5.41, 5.74) is 2.03. The maximum absolute atomic E-state index is 10.2. The van der Waals surface area contributed by atoms with Gasteiger partial charge >= 0.3 is 0 Å². The van der Waals surface area contributed by atoms with Gasteiger partial charge in [-0.25, -0.2) is 9.67 Å². The van der Waals surface area contributed by atoms with Crippen LogP contribution in [0.1, 0.15) is 5.56 Å². The number of methoxy groups -OCH3 is 2. The van der Waals surface area contributed by atoms with Crippen LogP contribution in [-0.2, 0) is 0 Å². The maximum Gasteiger partial charge on any atom is 0.211 e. The van der Waals surface area contributed by atoms with Crippen LogP contribution >= 0.6 is 11.3 Å². The fraction of sp³-hybridized carbons (Fsp3) is 0.0909. The molecular weight excluding hydrogens is 402 g/mol. The second-order valence-corrected chi connectivity index (χ2v) is 7.01. The second kappa shape index (κ2) is 8.71. The van der Waals surface area contributed by atoms with Crippen LogP contribution in [0.5, 0.6) is 17.2 Å². The van der Waals surface area contributed by atoms with Crippen molar-refractivity contribution in [2.24, 2.45) is 10.1 Å². The largest absolute Gasteiger partial charge is 0.507 e. The van der Waals surface area contributed by atoms with Gasteiger partial charge in [-0.3, -0.25) is 0 Å². The van der Waals surface area contributed by atoms with E-state index in [2.05, 4.69) is 5.10 Å². The van der Waals surface area contributed by atoms with E-state index in [0.717, 1.165) is 17.1 Å². The summed E-state index contributed by atoms with van der Waals surface area (Å²) < 4.78 is 17.7. The molecule has 152 valence electrons. The predicted octanol–water partition coefficient (Wildman–Crippen LogP) is 4.65. The van der Waals surface area contributed by atoms with Gasteiger partial charge in [0.2, 0.25) is 4.80 Å². The summed E-state index contributed by atoms with van der Waals surface area (Å²) in [7, 11) is 3.19. The van der Waals surface area contributed by atoms with Crippen molar-refractivity contribution >= 4 is 23.2 Å². The number of thiazole rings is 1. The number of furan rings is 1. The molecule has 2 heterocycles. The van der Waals surface area contributed by atoms with Gasteiger partial charge in [0.05, 0.1) is 32.4 Å². The van der Waals surface area contributed by atoms with Crippen LogP contribution in [0.15, 0.2) is 80.8 Å². The van der Waals surface area contributed by atoms with Crippen molar-refractivity contribution in [2.45, 2.75) is 0 Å². The lowest BCUT2D eigenvalue weighted by molar-refractivity contribution is 0.412. The van der Waals surface area contributed by atoms with Gasteiger partial charge in [0, 0.05) is 10.9 Å². The second-order valence-electron chi connectivity index (χ2n) is 6.17. The van der Waals surface area contributed by atoms with E-state index in [4.69, 9.17) is 18.9 Å². The molecule has 0 fully saturated rings. The smallest absolute Gasteiger partial charge is 0.211 e. The van der Waals surface area contributed by atoms with Crippen LogP contribution < -0.4 is 14.3 Å². The zero-order chi connectivity index (χ0) is 20.9. The van der Waals surface area contributed by atoms with Crippen LogP contribution in [0.2, 0.25) is 0 Å². The summed E-state index contributed by atoms with van der Waals surface area (Å²) in [4.78, 5) is 5.34. The molecule has 0 aliphatic carbocycles. The van der Waals surface area contributed by atoms with Gasteiger partial charge < -0.3 is 19.0 Å². The van der Waals surface area contributed by atoms with Crippen molar-refractivity contribution in [2.75, 3.05) is 14.2 Å². The fourth-order valence-electron chi connectivity index (χ4n) is 2.73. The molecule has 0 amide bonds. The Morgan fingerprint density at radius 2 is 1.80 bits per heavy atom. The molecule has 7 nitrogen and oxygen atoms in total. The molecule has 0 aliphatic rings. The molecule has 30 heavy (non-hydrogen) atoms. The first-order valence-corrected chi connectivity index (χ1v) is 9.90. The standard InChI is InChI=1S/C22H19N3O4S/c1-27-17-7-5-16(6-8-17)24-22-25(19(14-30-22)21-4-3-11-29-21)23-13-15-12-18(28-2)9-10-20(15)26/h3-14,26H,1-2H3. The Kier molecular flexibility index (Phi) is 5.67. The zero-order valence-electron chi connectivity index (χ0n) is 16.4. The summed E-state index contributed by atoms with van der Waals surface area (Å²) >= 11 is 1.43. The minimum atomic E-state index is 0.101. The van der Waals surface area contributed by atoms with Crippen molar-refractivity contribution < 1.29 is 19.0 Å². The maximum atomic E-state index is 10.2. The molecule has 2 aromatic heterocycles. The SMILES string of the molecule is COc1ccc(N=c2scc(-c3ccco3)n2N=Cc2cc(OC)ccc2O)cc1. The average molecular weight is 421 g/mol. The number of rotatable bonds is 6.